The molecule has 0 spiro atoms. The zero-order valence-electron chi connectivity index (χ0n) is 17.9. The summed E-state index contributed by atoms with van der Waals surface area (Å²) in [7, 11) is 1.76. The molecular weight excluding hydrogens is 366 g/mol. The van der Waals surface area contributed by atoms with E-state index in [-0.39, 0.29) is 35.5 Å². The molecule has 160 valence electrons. The zero-order chi connectivity index (χ0) is 20.5. The summed E-state index contributed by atoms with van der Waals surface area (Å²) in [5, 5.41) is 6.72. The van der Waals surface area contributed by atoms with E-state index in [1.165, 1.54) is 30.8 Å². The number of rotatable bonds is 7. The number of allylic oxidation sites excluding steroid dienone is 2. The van der Waals surface area contributed by atoms with Crippen LogP contribution in [0.25, 0.3) is 0 Å². The Labute approximate surface area is 174 Å². The van der Waals surface area contributed by atoms with Crippen molar-refractivity contribution in [3.05, 3.63) is 12.2 Å². The van der Waals surface area contributed by atoms with Crippen LogP contribution in [0.4, 0.5) is 0 Å². The Morgan fingerprint density at radius 2 is 1.72 bits per heavy atom. The first kappa shape index (κ1) is 20.4. The molecule has 2 heterocycles. The van der Waals surface area contributed by atoms with Crippen molar-refractivity contribution < 1.29 is 9.59 Å². The molecule has 5 atom stereocenters. The fourth-order valence-corrected chi connectivity index (χ4v) is 5.75. The first-order valence-corrected chi connectivity index (χ1v) is 11.2. The van der Waals surface area contributed by atoms with E-state index in [9.17, 15) is 9.59 Å². The Kier molecular flexibility index (Phi) is 5.95. The quantitative estimate of drug-likeness (QED) is 0.289. The van der Waals surface area contributed by atoms with Crippen LogP contribution in [0.15, 0.2) is 17.1 Å². The second-order valence-electron chi connectivity index (χ2n) is 9.26. The van der Waals surface area contributed by atoms with Gasteiger partial charge in [0.15, 0.2) is 5.96 Å². The topological polar surface area (TPSA) is 77.0 Å². The van der Waals surface area contributed by atoms with Gasteiger partial charge in [0.25, 0.3) is 0 Å². The molecule has 0 aromatic heterocycles. The van der Waals surface area contributed by atoms with Crippen molar-refractivity contribution in [1.29, 1.82) is 0 Å². The lowest BCUT2D eigenvalue weighted by molar-refractivity contribution is -0.140. The standard InChI is InChI=1S/C22H35N5O2/c1-14(2)17(26-9-4-5-10-26)13-25-22(23-3)24-8-11-27-20(28)18-15-6-7-16(12-15)19(18)21(27)29/h6-7,14-19H,4-5,8-13H2,1-3H3,(H2,23,24,25). The molecule has 3 fully saturated rings. The van der Waals surface area contributed by atoms with Gasteiger partial charge in [-0.2, -0.15) is 0 Å². The number of carbonyl (C=O) groups is 2. The van der Waals surface area contributed by atoms with Crippen molar-refractivity contribution in [2.24, 2.45) is 34.6 Å². The summed E-state index contributed by atoms with van der Waals surface area (Å²) in [4.78, 5) is 33.9. The highest BCUT2D eigenvalue weighted by Crippen LogP contribution is 2.52. The highest BCUT2D eigenvalue weighted by Gasteiger charge is 2.58. The largest absolute Gasteiger partial charge is 0.355 e. The number of amides is 2. The lowest BCUT2D eigenvalue weighted by Gasteiger charge is -2.31. The molecule has 2 bridgehead atoms. The van der Waals surface area contributed by atoms with Gasteiger partial charge in [0, 0.05) is 32.7 Å². The molecule has 7 nitrogen and oxygen atoms in total. The predicted octanol–water partition coefficient (Wildman–Crippen LogP) is 1.08. The molecule has 0 radical (unpaired) electrons. The second kappa shape index (κ2) is 8.46. The van der Waals surface area contributed by atoms with E-state index in [2.05, 4.69) is 46.5 Å². The summed E-state index contributed by atoms with van der Waals surface area (Å²) in [6, 6.07) is 0.486. The van der Waals surface area contributed by atoms with E-state index in [1.54, 1.807) is 7.05 Å². The number of imide groups is 1. The van der Waals surface area contributed by atoms with Gasteiger partial charge in [-0.05, 0) is 50.1 Å². The molecule has 0 aromatic carbocycles. The minimum Gasteiger partial charge on any atom is -0.355 e. The van der Waals surface area contributed by atoms with Crippen molar-refractivity contribution in [3.63, 3.8) is 0 Å². The summed E-state index contributed by atoms with van der Waals surface area (Å²) in [5.41, 5.74) is 0. The van der Waals surface area contributed by atoms with Crippen molar-refractivity contribution in [3.8, 4) is 0 Å². The predicted molar refractivity (Wildman–Crippen MR) is 113 cm³/mol. The summed E-state index contributed by atoms with van der Waals surface area (Å²) in [6.07, 6.45) is 7.82. The minimum atomic E-state index is -0.109. The van der Waals surface area contributed by atoms with Gasteiger partial charge in [-0.1, -0.05) is 26.0 Å². The highest BCUT2D eigenvalue weighted by atomic mass is 16.2. The van der Waals surface area contributed by atoms with Gasteiger partial charge in [0.05, 0.1) is 11.8 Å². The number of carbonyl (C=O) groups excluding carboxylic acids is 2. The number of fused-ring (bicyclic) bond motifs is 5. The fourth-order valence-electron chi connectivity index (χ4n) is 5.75. The third-order valence-electron chi connectivity index (χ3n) is 7.27. The smallest absolute Gasteiger partial charge is 0.233 e. The monoisotopic (exact) mass is 401 g/mol. The Morgan fingerprint density at radius 1 is 1.10 bits per heavy atom. The maximum Gasteiger partial charge on any atom is 0.233 e. The van der Waals surface area contributed by atoms with Gasteiger partial charge in [0.1, 0.15) is 0 Å². The molecule has 1 saturated carbocycles. The van der Waals surface area contributed by atoms with Crippen LogP contribution in [0.5, 0.6) is 0 Å². The van der Waals surface area contributed by atoms with E-state index in [0.717, 1.165) is 18.9 Å². The minimum absolute atomic E-state index is 0.0236. The van der Waals surface area contributed by atoms with Gasteiger partial charge in [0.2, 0.25) is 11.8 Å². The van der Waals surface area contributed by atoms with Crippen LogP contribution < -0.4 is 10.6 Å². The second-order valence-corrected chi connectivity index (χ2v) is 9.26. The number of aliphatic imine (C=N–C) groups is 1. The summed E-state index contributed by atoms with van der Waals surface area (Å²) in [6.45, 7) is 8.66. The maximum absolute atomic E-state index is 12.8. The molecule has 29 heavy (non-hydrogen) atoms. The third-order valence-corrected chi connectivity index (χ3v) is 7.27. The molecule has 2 N–H and O–H groups in total. The third kappa shape index (κ3) is 3.81. The van der Waals surface area contributed by atoms with Crippen molar-refractivity contribution >= 4 is 17.8 Å². The number of likely N-dealkylation sites (tertiary alicyclic amines) is 2. The van der Waals surface area contributed by atoms with E-state index in [1.807, 2.05) is 0 Å². The van der Waals surface area contributed by atoms with E-state index < -0.39 is 0 Å². The van der Waals surface area contributed by atoms with Crippen LogP contribution >= 0.6 is 0 Å². The van der Waals surface area contributed by atoms with Crippen LogP contribution in [-0.4, -0.2) is 73.4 Å². The van der Waals surface area contributed by atoms with Gasteiger partial charge in [-0.15, -0.1) is 0 Å². The van der Waals surface area contributed by atoms with Crippen molar-refractivity contribution in [1.82, 2.24) is 20.4 Å². The van der Waals surface area contributed by atoms with Crippen LogP contribution in [0, 0.1) is 29.6 Å². The highest BCUT2D eigenvalue weighted by molar-refractivity contribution is 6.06. The summed E-state index contributed by atoms with van der Waals surface area (Å²) in [5.74, 6) is 1.67. The van der Waals surface area contributed by atoms with E-state index in [4.69, 9.17) is 0 Å². The first-order chi connectivity index (χ1) is 14.0. The van der Waals surface area contributed by atoms with Crippen LogP contribution in [0.2, 0.25) is 0 Å². The first-order valence-electron chi connectivity index (χ1n) is 11.2. The number of nitrogens with one attached hydrogen (secondary N) is 2. The maximum atomic E-state index is 12.8. The lowest BCUT2D eigenvalue weighted by atomic mass is 9.85. The number of hydrogen-bond acceptors (Lipinski definition) is 4. The molecule has 5 unspecified atom stereocenters. The zero-order valence-corrected chi connectivity index (χ0v) is 17.9. The molecule has 2 amide bonds. The average Bonchev–Trinajstić information content (AvgIpc) is 3.48. The van der Waals surface area contributed by atoms with Gasteiger partial charge in [-0.3, -0.25) is 24.4 Å². The average molecular weight is 402 g/mol. The number of nitrogens with zero attached hydrogens (tertiary/aromatic N) is 3. The van der Waals surface area contributed by atoms with Crippen LogP contribution in [0.3, 0.4) is 0 Å². The molecule has 4 aliphatic rings. The van der Waals surface area contributed by atoms with Crippen molar-refractivity contribution in [2.45, 2.75) is 39.2 Å². The molecule has 2 saturated heterocycles. The Balaban J connectivity index is 1.25. The lowest BCUT2D eigenvalue weighted by Crippen LogP contribution is -2.49. The molecule has 4 rings (SSSR count). The molecule has 7 heteroatoms. The fraction of sp³-hybridized carbons (Fsp3) is 0.773. The van der Waals surface area contributed by atoms with Crippen LogP contribution in [0.1, 0.15) is 33.1 Å². The molecule has 2 aliphatic carbocycles. The van der Waals surface area contributed by atoms with Crippen LogP contribution in [-0.2, 0) is 9.59 Å². The number of guanidine groups is 1. The van der Waals surface area contributed by atoms with Gasteiger partial charge >= 0.3 is 0 Å². The summed E-state index contributed by atoms with van der Waals surface area (Å²) >= 11 is 0. The Bertz CT molecular complexity index is 667. The molecule has 0 aromatic rings. The number of hydrogen-bond donors (Lipinski definition) is 2. The van der Waals surface area contributed by atoms with Gasteiger partial charge in [-0.25, -0.2) is 0 Å². The van der Waals surface area contributed by atoms with E-state index in [0.29, 0.717) is 25.0 Å². The molecule has 2 aliphatic heterocycles. The normalized spacial score (nSPS) is 32.6. The molecular formula is C22H35N5O2. The Morgan fingerprint density at radius 3 is 2.28 bits per heavy atom. The van der Waals surface area contributed by atoms with E-state index >= 15 is 0 Å². The van der Waals surface area contributed by atoms with Crippen molar-refractivity contribution in [2.75, 3.05) is 39.8 Å². The Hall–Kier alpha value is -1.89. The SMILES string of the molecule is CN=C(NCCN1C(=O)C2C3C=CC(C3)C2C1=O)NCC(C(C)C)N1CCCC1. The summed E-state index contributed by atoms with van der Waals surface area (Å²) < 4.78 is 0. The van der Waals surface area contributed by atoms with Gasteiger partial charge < -0.3 is 10.6 Å².